The van der Waals surface area contributed by atoms with E-state index in [-0.39, 0.29) is 5.56 Å². The molecule has 0 unspecified atom stereocenters. The van der Waals surface area contributed by atoms with Crippen LogP contribution in [0.3, 0.4) is 0 Å². The Kier molecular flexibility index (Phi) is 3.92. The smallest absolute Gasteiger partial charge is 0.392 e. The number of benzene rings is 1. The number of sulfonamides is 1. The standard InChI is InChI=1S/C10H12F3NO3S/c1-14(18(2,16)17)8-5-3-4-7(6-15)9(8)10(11,12)13/h3-5,15H,6H2,1-2H3. The molecule has 0 saturated carbocycles. The maximum atomic E-state index is 12.9. The molecule has 0 aliphatic rings. The molecule has 0 spiro atoms. The fourth-order valence-electron chi connectivity index (χ4n) is 1.49. The molecule has 1 aromatic carbocycles. The number of hydrogen-bond acceptors (Lipinski definition) is 3. The van der Waals surface area contributed by atoms with E-state index in [9.17, 15) is 21.6 Å². The van der Waals surface area contributed by atoms with Gasteiger partial charge in [-0.1, -0.05) is 12.1 Å². The van der Waals surface area contributed by atoms with Gasteiger partial charge < -0.3 is 5.11 Å². The van der Waals surface area contributed by atoms with E-state index < -0.39 is 34.1 Å². The molecule has 0 aromatic heterocycles. The summed E-state index contributed by atoms with van der Waals surface area (Å²) in [6.07, 6.45) is -3.94. The van der Waals surface area contributed by atoms with Crippen LogP contribution in [0.15, 0.2) is 18.2 Å². The molecule has 0 bridgehead atoms. The normalized spacial score (nSPS) is 12.6. The van der Waals surface area contributed by atoms with E-state index in [4.69, 9.17) is 5.11 Å². The van der Waals surface area contributed by atoms with Crippen LogP contribution in [0.2, 0.25) is 0 Å². The van der Waals surface area contributed by atoms with Crippen LogP contribution in [0.4, 0.5) is 18.9 Å². The SMILES string of the molecule is CN(c1cccc(CO)c1C(F)(F)F)S(C)(=O)=O. The molecule has 8 heteroatoms. The van der Waals surface area contributed by atoms with Crippen molar-refractivity contribution in [3.63, 3.8) is 0 Å². The number of nitrogens with zero attached hydrogens (tertiary/aromatic N) is 1. The molecule has 18 heavy (non-hydrogen) atoms. The summed E-state index contributed by atoms with van der Waals surface area (Å²) in [5.74, 6) is 0. The van der Waals surface area contributed by atoms with E-state index in [1.54, 1.807) is 0 Å². The second-order valence-electron chi connectivity index (χ2n) is 3.70. The average Bonchev–Trinajstić information content (AvgIpc) is 2.24. The minimum Gasteiger partial charge on any atom is -0.392 e. The molecule has 0 aliphatic carbocycles. The van der Waals surface area contributed by atoms with E-state index in [0.29, 0.717) is 4.31 Å². The lowest BCUT2D eigenvalue weighted by molar-refractivity contribution is -0.138. The van der Waals surface area contributed by atoms with Crippen LogP contribution in [0, 0.1) is 0 Å². The van der Waals surface area contributed by atoms with Crippen LogP contribution in [-0.4, -0.2) is 26.8 Å². The summed E-state index contributed by atoms with van der Waals surface area (Å²) >= 11 is 0. The topological polar surface area (TPSA) is 57.6 Å². The Bertz CT molecular complexity index is 540. The Morgan fingerprint density at radius 1 is 1.33 bits per heavy atom. The number of rotatable bonds is 3. The lowest BCUT2D eigenvalue weighted by Crippen LogP contribution is -2.28. The van der Waals surface area contributed by atoms with Crippen LogP contribution >= 0.6 is 0 Å². The average molecular weight is 283 g/mol. The first-order valence-corrected chi connectivity index (χ1v) is 6.67. The van der Waals surface area contributed by atoms with Gasteiger partial charge in [0.2, 0.25) is 10.0 Å². The largest absolute Gasteiger partial charge is 0.418 e. The lowest BCUT2D eigenvalue weighted by atomic mass is 10.1. The van der Waals surface area contributed by atoms with Gasteiger partial charge in [0, 0.05) is 7.05 Å². The minimum absolute atomic E-state index is 0.365. The maximum absolute atomic E-state index is 12.9. The van der Waals surface area contributed by atoms with Gasteiger partial charge in [0.25, 0.3) is 0 Å². The van der Waals surface area contributed by atoms with Crippen LogP contribution in [-0.2, 0) is 22.8 Å². The fourth-order valence-corrected chi connectivity index (χ4v) is 2.00. The van der Waals surface area contributed by atoms with E-state index in [1.807, 2.05) is 0 Å². The summed E-state index contributed by atoms with van der Waals surface area (Å²) in [4.78, 5) is 0. The van der Waals surface area contributed by atoms with E-state index in [2.05, 4.69) is 0 Å². The minimum atomic E-state index is -4.74. The van der Waals surface area contributed by atoms with Gasteiger partial charge in [0.15, 0.2) is 0 Å². The van der Waals surface area contributed by atoms with Crippen molar-refractivity contribution in [3.8, 4) is 0 Å². The van der Waals surface area contributed by atoms with Gasteiger partial charge in [0.05, 0.1) is 24.1 Å². The molecule has 0 atom stereocenters. The van der Waals surface area contributed by atoms with Gasteiger partial charge in [-0.3, -0.25) is 4.31 Å². The van der Waals surface area contributed by atoms with Crippen LogP contribution in [0.1, 0.15) is 11.1 Å². The summed E-state index contributed by atoms with van der Waals surface area (Å²) in [7, 11) is -2.78. The number of alkyl halides is 3. The van der Waals surface area contributed by atoms with Crippen molar-refractivity contribution in [2.75, 3.05) is 17.6 Å². The van der Waals surface area contributed by atoms with E-state index >= 15 is 0 Å². The predicted octanol–water partition coefficient (Wildman–Crippen LogP) is 1.59. The number of halogens is 3. The number of aliphatic hydroxyl groups is 1. The third-order valence-corrected chi connectivity index (χ3v) is 3.61. The van der Waals surface area contributed by atoms with Gasteiger partial charge >= 0.3 is 6.18 Å². The molecule has 0 fully saturated rings. The van der Waals surface area contributed by atoms with E-state index in [1.165, 1.54) is 6.07 Å². The van der Waals surface area contributed by atoms with Crippen molar-refractivity contribution < 1.29 is 26.7 Å². The summed E-state index contributed by atoms with van der Waals surface area (Å²) in [5.41, 5.74) is -2.01. The fraction of sp³-hybridized carbons (Fsp3) is 0.400. The molecular formula is C10H12F3NO3S. The molecule has 0 saturated heterocycles. The zero-order valence-corrected chi connectivity index (χ0v) is 10.5. The molecule has 0 heterocycles. The molecule has 0 amide bonds. The molecule has 4 nitrogen and oxygen atoms in total. The summed E-state index contributed by atoms with van der Waals surface area (Å²) < 4.78 is 61.9. The van der Waals surface area contributed by atoms with Crippen LogP contribution < -0.4 is 4.31 Å². The highest BCUT2D eigenvalue weighted by atomic mass is 32.2. The first kappa shape index (κ1) is 14.8. The molecule has 0 radical (unpaired) electrons. The van der Waals surface area contributed by atoms with Gasteiger partial charge in [-0.2, -0.15) is 13.2 Å². The Balaban J connectivity index is 3.55. The highest BCUT2D eigenvalue weighted by Gasteiger charge is 2.38. The van der Waals surface area contributed by atoms with Crippen molar-refractivity contribution in [3.05, 3.63) is 29.3 Å². The Labute approximate surface area is 103 Å². The molecule has 1 N–H and O–H groups in total. The Morgan fingerprint density at radius 2 is 1.89 bits per heavy atom. The lowest BCUT2D eigenvalue weighted by Gasteiger charge is -2.23. The van der Waals surface area contributed by atoms with Crippen LogP contribution in [0.5, 0.6) is 0 Å². The predicted molar refractivity (Wildman–Crippen MR) is 60.6 cm³/mol. The highest BCUT2D eigenvalue weighted by Crippen LogP contribution is 2.39. The summed E-state index contributed by atoms with van der Waals surface area (Å²) in [6.45, 7) is -0.819. The summed E-state index contributed by atoms with van der Waals surface area (Å²) in [5, 5.41) is 8.92. The van der Waals surface area contributed by atoms with Crippen LogP contribution in [0.25, 0.3) is 0 Å². The zero-order valence-electron chi connectivity index (χ0n) is 9.69. The van der Waals surface area contributed by atoms with Gasteiger partial charge in [-0.15, -0.1) is 0 Å². The quantitative estimate of drug-likeness (QED) is 0.916. The van der Waals surface area contributed by atoms with Crippen molar-refractivity contribution in [1.29, 1.82) is 0 Å². The molecule has 102 valence electrons. The molecule has 1 rings (SSSR count). The Morgan fingerprint density at radius 3 is 2.28 bits per heavy atom. The van der Waals surface area contributed by atoms with Crippen molar-refractivity contribution >= 4 is 15.7 Å². The van der Waals surface area contributed by atoms with Crippen molar-refractivity contribution in [1.82, 2.24) is 0 Å². The molecular weight excluding hydrogens is 271 g/mol. The highest BCUT2D eigenvalue weighted by molar-refractivity contribution is 7.92. The maximum Gasteiger partial charge on any atom is 0.418 e. The van der Waals surface area contributed by atoms with Gasteiger partial charge in [0.1, 0.15) is 0 Å². The van der Waals surface area contributed by atoms with E-state index in [0.717, 1.165) is 25.4 Å². The molecule has 1 aromatic rings. The molecule has 0 aliphatic heterocycles. The first-order chi connectivity index (χ1) is 8.09. The number of hydrogen-bond donors (Lipinski definition) is 1. The Hall–Kier alpha value is -1.28. The number of anilines is 1. The first-order valence-electron chi connectivity index (χ1n) is 4.83. The zero-order chi connectivity index (χ0) is 14.1. The van der Waals surface area contributed by atoms with Crippen molar-refractivity contribution in [2.24, 2.45) is 0 Å². The third-order valence-electron chi connectivity index (χ3n) is 2.42. The van der Waals surface area contributed by atoms with Crippen molar-refractivity contribution in [2.45, 2.75) is 12.8 Å². The number of aliphatic hydroxyl groups excluding tert-OH is 1. The van der Waals surface area contributed by atoms with Gasteiger partial charge in [-0.25, -0.2) is 8.42 Å². The third kappa shape index (κ3) is 2.94. The second-order valence-corrected chi connectivity index (χ2v) is 5.71. The summed E-state index contributed by atoms with van der Waals surface area (Å²) in [6, 6.07) is 3.41. The second kappa shape index (κ2) is 4.77. The monoisotopic (exact) mass is 283 g/mol. The van der Waals surface area contributed by atoms with Gasteiger partial charge in [-0.05, 0) is 11.6 Å².